The number of ether oxygens (including phenoxy) is 2. The lowest BCUT2D eigenvalue weighted by atomic mass is 9.74. The maximum absolute atomic E-state index is 14.7. The first kappa shape index (κ1) is 28.6. The third-order valence-electron chi connectivity index (χ3n) is 9.00. The predicted molar refractivity (Wildman–Crippen MR) is 158 cm³/mol. The highest BCUT2D eigenvalue weighted by molar-refractivity contribution is 6.34. The van der Waals surface area contributed by atoms with Crippen LogP contribution in [0.25, 0.3) is 0 Å². The molecule has 42 heavy (non-hydrogen) atoms. The van der Waals surface area contributed by atoms with Gasteiger partial charge in [-0.2, -0.15) is 0 Å². The fraction of sp³-hybridized carbons (Fsp3) is 0.424. The van der Waals surface area contributed by atoms with Crippen LogP contribution in [-0.2, 0) is 30.3 Å². The van der Waals surface area contributed by atoms with Crippen LogP contribution in [0, 0.1) is 11.8 Å². The van der Waals surface area contributed by atoms with Crippen LogP contribution < -0.4 is 4.90 Å². The number of amides is 2. The van der Waals surface area contributed by atoms with Crippen LogP contribution >= 0.6 is 11.6 Å². The fourth-order valence-electron chi connectivity index (χ4n) is 7.15. The number of hydrogen-bond donors (Lipinski definition) is 1. The van der Waals surface area contributed by atoms with Crippen molar-refractivity contribution in [2.45, 2.75) is 55.9 Å². The molecule has 2 aromatic carbocycles. The quantitative estimate of drug-likeness (QED) is 0.416. The van der Waals surface area contributed by atoms with E-state index in [2.05, 4.69) is 0 Å². The van der Waals surface area contributed by atoms with Gasteiger partial charge >= 0.3 is 5.97 Å². The molecule has 1 spiro atoms. The van der Waals surface area contributed by atoms with Crippen molar-refractivity contribution < 1.29 is 29.0 Å². The number of cyclic esters (lactones) is 1. The Bertz CT molecular complexity index is 1430. The van der Waals surface area contributed by atoms with Crippen LogP contribution in [0.15, 0.2) is 78.9 Å². The zero-order valence-electron chi connectivity index (χ0n) is 23.5. The molecule has 1 N–H and O–H groups in total. The summed E-state index contributed by atoms with van der Waals surface area (Å²) in [7, 11) is 0. The summed E-state index contributed by atoms with van der Waals surface area (Å²) in [5.41, 5.74) is -1.24. The molecule has 0 saturated carbocycles. The zero-order valence-corrected chi connectivity index (χ0v) is 24.3. The third kappa shape index (κ3) is 4.66. The molecule has 2 fully saturated rings. The van der Waals surface area contributed by atoms with Gasteiger partial charge in [0, 0.05) is 6.54 Å². The minimum absolute atomic E-state index is 0.197. The first-order valence-corrected chi connectivity index (χ1v) is 14.9. The minimum atomic E-state index is -1.47. The van der Waals surface area contributed by atoms with Crippen LogP contribution in [0.4, 0.5) is 5.69 Å². The third-order valence-corrected chi connectivity index (χ3v) is 9.32. The van der Waals surface area contributed by atoms with Crippen LogP contribution in [-0.4, -0.2) is 70.8 Å². The smallest absolute Gasteiger partial charge is 0.313 e. The van der Waals surface area contributed by atoms with Crippen molar-refractivity contribution >= 4 is 35.1 Å². The standard InChI is InChI=1S/C33H35ClN2O6/c1-32-16-9-2-3-10-19-41-31(40)27(32)26-29(38)36(23(21-37)20-22-12-5-4-6-13-22)28-30(39)35(18-11-17-33(26,28)42-32)25-15-8-7-14-24(25)34/h4-9,11-17,23,26-28,37H,2-3,10,18-21H2,1H3/b16-9-/t23-,26+,27-,28?,32+,33+/m1/s1. The van der Waals surface area contributed by atoms with Crippen LogP contribution in [0.1, 0.15) is 31.7 Å². The summed E-state index contributed by atoms with van der Waals surface area (Å²) in [5, 5.41) is 11.1. The number of anilines is 1. The van der Waals surface area contributed by atoms with Crippen molar-refractivity contribution in [3.63, 3.8) is 0 Å². The number of allylic oxidation sites excluding steroid dienone is 1. The number of carbonyl (C=O) groups is 3. The average molecular weight is 591 g/mol. The molecule has 2 saturated heterocycles. The number of esters is 1. The van der Waals surface area contributed by atoms with Gasteiger partial charge in [0.2, 0.25) is 5.91 Å². The van der Waals surface area contributed by atoms with Crippen LogP contribution in [0.3, 0.4) is 0 Å². The second kappa shape index (κ2) is 11.3. The SMILES string of the molecule is C[C@]12/C=C\CCCCOC(=O)[C@H]1[C@H]1C(=O)N([C@@H](CO)Cc3ccccc3)C3C(=O)N(c4ccccc4Cl)CC=C[C@@]31O2. The lowest BCUT2D eigenvalue weighted by Gasteiger charge is -2.40. The van der Waals surface area contributed by atoms with Gasteiger partial charge in [0.05, 0.1) is 41.5 Å². The Kier molecular flexibility index (Phi) is 7.72. The molecule has 0 radical (unpaired) electrons. The number of aliphatic hydroxyl groups excluding tert-OH is 1. The number of likely N-dealkylation sites (tertiary alicyclic amines) is 1. The van der Waals surface area contributed by atoms with E-state index in [1.165, 1.54) is 4.90 Å². The van der Waals surface area contributed by atoms with E-state index in [0.717, 1.165) is 18.4 Å². The van der Waals surface area contributed by atoms with Gasteiger partial charge in [-0.25, -0.2) is 0 Å². The lowest BCUT2D eigenvalue weighted by Crippen LogP contribution is -2.59. The molecule has 6 atom stereocenters. The minimum Gasteiger partial charge on any atom is -0.465 e. The summed E-state index contributed by atoms with van der Waals surface area (Å²) < 4.78 is 12.6. The van der Waals surface area contributed by atoms with Crippen molar-refractivity contribution in [2.75, 3.05) is 24.7 Å². The normalized spacial score (nSPS) is 32.5. The summed E-state index contributed by atoms with van der Waals surface area (Å²) in [6, 6.07) is 14.7. The Labute approximate surface area is 250 Å². The number of hydrogen-bond acceptors (Lipinski definition) is 6. The molecule has 0 aliphatic carbocycles. The number of halogens is 1. The second-order valence-corrected chi connectivity index (χ2v) is 12.0. The van der Waals surface area contributed by atoms with Crippen LogP contribution in [0.2, 0.25) is 5.02 Å². The first-order chi connectivity index (χ1) is 20.3. The molecule has 1 unspecified atom stereocenters. The Morgan fingerprint density at radius 2 is 1.74 bits per heavy atom. The van der Waals surface area contributed by atoms with E-state index in [1.807, 2.05) is 48.6 Å². The lowest BCUT2D eigenvalue weighted by molar-refractivity contribution is -0.160. The fourth-order valence-corrected chi connectivity index (χ4v) is 7.39. The number of benzene rings is 2. The molecule has 220 valence electrons. The van der Waals surface area contributed by atoms with E-state index >= 15 is 0 Å². The summed E-state index contributed by atoms with van der Waals surface area (Å²) in [6.07, 6.45) is 10.1. The van der Waals surface area contributed by atoms with Gasteiger partial charge in [0.25, 0.3) is 5.91 Å². The number of fused-ring (bicyclic) bond motifs is 2. The Morgan fingerprint density at radius 1 is 0.976 bits per heavy atom. The number of nitrogens with zero attached hydrogens (tertiary/aromatic N) is 2. The van der Waals surface area contributed by atoms with Crippen molar-refractivity contribution in [3.05, 3.63) is 89.5 Å². The van der Waals surface area contributed by atoms with E-state index in [-0.39, 0.29) is 25.7 Å². The highest BCUT2D eigenvalue weighted by atomic mass is 35.5. The maximum atomic E-state index is 14.7. The molecule has 9 heteroatoms. The topological polar surface area (TPSA) is 96.4 Å². The van der Waals surface area contributed by atoms with Gasteiger partial charge in [-0.3, -0.25) is 14.4 Å². The molecule has 0 bridgehead atoms. The number of aliphatic hydroxyl groups is 1. The summed E-state index contributed by atoms with van der Waals surface area (Å²) in [5.74, 6) is -3.32. The Balaban J connectivity index is 1.51. The van der Waals surface area contributed by atoms with Gasteiger partial charge < -0.3 is 24.4 Å². The molecule has 2 aromatic rings. The molecule has 4 heterocycles. The monoisotopic (exact) mass is 590 g/mol. The van der Waals surface area contributed by atoms with Crippen molar-refractivity contribution in [2.24, 2.45) is 11.8 Å². The maximum Gasteiger partial charge on any atom is 0.313 e. The van der Waals surface area contributed by atoms with Gasteiger partial charge in [0.15, 0.2) is 0 Å². The number of rotatable bonds is 5. The van der Waals surface area contributed by atoms with E-state index < -0.39 is 47.0 Å². The van der Waals surface area contributed by atoms with E-state index in [4.69, 9.17) is 21.1 Å². The summed E-state index contributed by atoms with van der Waals surface area (Å²) >= 11 is 6.56. The molecule has 0 aromatic heterocycles. The van der Waals surface area contributed by atoms with Crippen molar-refractivity contribution in [3.8, 4) is 0 Å². The summed E-state index contributed by atoms with van der Waals surface area (Å²) in [4.78, 5) is 46.1. The Hall–Kier alpha value is -3.46. The first-order valence-electron chi connectivity index (χ1n) is 14.6. The molecular weight excluding hydrogens is 556 g/mol. The van der Waals surface area contributed by atoms with Gasteiger partial charge in [-0.05, 0) is 50.3 Å². The van der Waals surface area contributed by atoms with Crippen molar-refractivity contribution in [1.82, 2.24) is 4.90 Å². The van der Waals surface area contributed by atoms with Gasteiger partial charge in [0.1, 0.15) is 17.6 Å². The average Bonchev–Trinajstić information content (AvgIpc) is 3.32. The molecular formula is C33H35ClN2O6. The molecule has 2 amide bonds. The van der Waals surface area contributed by atoms with Gasteiger partial charge in [-0.1, -0.05) is 78.4 Å². The highest BCUT2D eigenvalue weighted by Crippen LogP contribution is 2.57. The number of para-hydroxylation sites is 1. The molecule has 8 nitrogen and oxygen atoms in total. The second-order valence-electron chi connectivity index (χ2n) is 11.6. The van der Waals surface area contributed by atoms with Crippen molar-refractivity contribution in [1.29, 1.82) is 0 Å². The molecule has 4 aliphatic heterocycles. The highest BCUT2D eigenvalue weighted by Gasteiger charge is 2.75. The van der Waals surface area contributed by atoms with Gasteiger partial charge in [-0.15, -0.1) is 0 Å². The molecule has 6 rings (SSSR count). The largest absolute Gasteiger partial charge is 0.465 e. The Morgan fingerprint density at radius 3 is 2.50 bits per heavy atom. The number of carbonyl (C=O) groups excluding carboxylic acids is 3. The van der Waals surface area contributed by atoms with Crippen LogP contribution in [0.5, 0.6) is 0 Å². The van der Waals surface area contributed by atoms with E-state index in [0.29, 0.717) is 23.6 Å². The predicted octanol–water partition coefficient (Wildman–Crippen LogP) is 4.10. The summed E-state index contributed by atoms with van der Waals surface area (Å²) in [6.45, 7) is 1.86. The zero-order chi connectivity index (χ0) is 29.5. The van der Waals surface area contributed by atoms with E-state index in [9.17, 15) is 19.5 Å². The van der Waals surface area contributed by atoms with E-state index in [1.54, 1.807) is 42.2 Å². The molecule has 4 aliphatic rings.